The first kappa shape index (κ1) is 10.9. The van der Waals surface area contributed by atoms with Crippen molar-refractivity contribution >= 4 is 34.6 Å². The summed E-state index contributed by atoms with van der Waals surface area (Å²) in [7, 11) is 0. The zero-order valence-electron chi connectivity index (χ0n) is 7.63. The number of thiol groups is 1. The van der Waals surface area contributed by atoms with Gasteiger partial charge in [-0.25, -0.2) is 0 Å². The number of rotatable bonds is 3. The third-order valence-corrected chi connectivity index (χ3v) is 2.91. The molecule has 0 atom stereocenters. The van der Waals surface area contributed by atoms with Gasteiger partial charge in [-0.3, -0.25) is 0 Å². The lowest BCUT2D eigenvalue weighted by molar-refractivity contribution is 1.26. The second-order valence-corrected chi connectivity index (χ2v) is 4.22. The van der Waals surface area contributed by atoms with Crippen LogP contribution in [-0.4, -0.2) is 5.75 Å². The van der Waals surface area contributed by atoms with Crippen LogP contribution >= 0.6 is 28.6 Å². The lowest BCUT2D eigenvalue weighted by Gasteiger charge is -1.98. The van der Waals surface area contributed by atoms with Crippen molar-refractivity contribution in [1.82, 2.24) is 0 Å². The van der Waals surface area contributed by atoms with Crippen molar-refractivity contribution in [3.05, 3.63) is 39.9 Å². The van der Waals surface area contributed by atoms with Gasteiger partial charge in [-0.05, 0) is 36.3 Å². The van der Waals surface area contributed by atoms with Crippen LogP contribution in [0.3, 0.4) is 0 Å². The monoisotopic (exact) mass is 256 g/mol. The summed E-state index contributed by atoms with van der Waals surface area (Å²) in [5.41, 5.74) is 2.51. The summed E-state index contributed by atoms with van der Waals surface area (Å²) in [4.78, 5) is 0. The summed E-state index contributed by atoms with van der Waals surface area (Å²) in [6.07, 6.45) is 5.29. The Morgan fingerprint density at radius 3 is 2.85 bits per heavy atom. The molecule has 0 saturated carbocycles. The highest BCUT2D eigenvalue weighted by molar-refractivity contribution is 9.10. The molecule has 0 aliphatic rings. The Balaban J connectivity index is 2.73. The van der Waals surface area contributed by atoms with E-state index in [1.807, 2.05) is 0 Å². The second-order valence-electron chi connectivity index (χ2n) is 2.92. The van der Waals surface area contributed by atoms with Crippen molar-refractivity contribution in [2.45, 2.75) is 13.3 Å². The van der Waals surface area contributed by atoms with Crippen LogP contribution in [-0.2, 0) is 0 Å². The van der Waals surface area contributed by atoms with E-state index in [0.717, 1.165) is 12.2 Å². The standard InChI is InChI=1S/C11H13BrS/c1-9-5-6-10(8-11(9)12)4-2-3-7-13/h2,4-6,8,13H,3,7H2,1H3. The minimum absolute atomic E-state index is 0.906. The Kier molecular flexibility index (Phi) is 4.60. The van der Waals surface area contributed by atoms with Gasteiger partial charge in [0.2, 0.25) is 0 Å². The molecular formula is C11H13BrS. The molecule has 0 N–H and O–H groups in total. The van der Waals surface area contributed by atoms with E-state index in [9.17, 15) is 0 Å². The van der Waals surface area contributed by atoms with Crippen molar-refractivity contribution in [2.24, 2.45) is 0 Å². The maximum Gasteiger partial charge on any atom is 0.0210 e. The Hall–Kier alpha value is -0.210. The number of hydrogen-bond donors (Lipinski definition) is 1. The van der Waals surface area contributed by atoms with Crippen molar-refractivity contribution < 1.29 is 0 Å². The predicted octanol–water partition coefficient (Wildman–Crippen LogP) is 4.09. The van der Waals surface area contributed by atoms with Gasteiger partial charge < -0.3 is 0 Å². The summed E-state index contributed by atoms with van der Waals surface area (Å²) >= 11 is 7.65. The van der Waals surface area contributed by atoms with Crippen LogP contribution in [0.25, 0.3) is 6.08 Å². The van der Waals surface area contributed by atoms with E-state index in [-0.39, 0.29) is 0 Å². The molecule has 0 unspecified atom stereocenters. The van der Waals surface area contributed by atoms with E-state index in [1.165, 1.54) is 15.6 Å². The van der Waals surface area contributed by atoms with Crippen LogP contribution in [0.2, 0.25) is 0 Å². The average Bonchev–Trinajstić information content (AvgIpc) is 2.12. The third-order valence-electron chi connectivity index (χ3n) is 1.80. The van der Waals surface area contributed by atoms with Crippen molar-refractivity contribution in [1.29, 1.82) is 0 Å². The van der Waals surface area contributed by atoms with Crippen LogP contribution in [0.5, 0.6) is 0 Å². The molecule has 0 aliphatic carbocycles. The number of hydrogen-bond acceptors (Lipinski definition) is 1. The van der Waals surface area contributed by atoms with Crippen LogP contribution < -0.4 is 0 Å². The largest absolute Gasteiger partial charge is 0.179 e. The molecule has 70 valence electrons. The van der Waals surface area contributed by atoms with Crippen LogP contribution in [0.15, 0.2) is 28.7 Å². The van der Waals surface area contributed by atoms with Gasteiger partial charge in [0.15, 0.2) is 0 Å². The molecule has 0 fully saturated rings. The summed E-state index contributed by atoms with van der Waals surface area (Å²) in [6.45, 7) is 2.09. The smallest absolute Gasteiger partial charge is 0.0210 e. The van der Waals surface area contributed by atoms with Gasteiger partial charge in [-0.2, -0.15) is 12.6 Å². The molecule has 2 heteroatoms. The van der Waals surface area contributed by atoms with E-state index in [2.05, 4.69) is 65.8 Å². The van der Waals surface area contributed by atoms with E-state index >= 15 is 0 Å². The highest BCUT2D eigenvalue weighted by Crippen LogP contribution is 2.18. The normalized spacial score (nSPS) is 11.0. The Morgan fingerprint density at radius 1 is 1.46 bits per heavy atom. The molecule has 0 nitrogen and oxygen atoms in total. The first-order valence-corrected chi connectivity index (χ1v) is 5.70. The Labute approximate surface area is 93.6 Å². The maximum atomic E-state index is 4.14. The molecule has 0 bridgehead atoms. The summed E-state index contributed by atoms with van der Waals surface area (Å²) < 4.78 is 1.17. The van der Waals surface area contributed by atoms with E-state index in [4.69, 9.17) is 0 Å². The molecule has 0 aromatic heterocycles. The molecule has 1 aromatic rings. The second kappa shape index (κ2) is 5.51. The summed E-state index contributed by atoms with van der Waals surface area (Å²) in [6, 6.07) is 6.36. The van der Waals surface area contributed by atoms with Crippen molar-refractivity contribution in [3.8, 4) is 0 Å². The fraction of sp³-hybridized carbons (Fsp3) is 0.273. The molecule has 0 spiro atoms. The summed E-state index contributed by atoms with van der Waals surface area (Å²) in [5, 5.41) is 0. The number of aryl methyl sites for hydroxylation is 1. The molecule has 1 aromatic carbocycles. The van der Waals surface area contributed by atoms with Gasteiger partial charge in [0, 0.05) is 4.47 Å². The fourth-order valence-corrected chi connectivity index (χ4v) is 1.55. The molecule has 0 aliphatic heterocycles. The lowest BCUT2D eigenvalue weighted by atomic mass is 10.1. The van der Waals surface area contributed by atoms with E-state index < -0.39 is 0 Å². The van der Waals surface area contributed by atoms with E-state index in [0.29, 0.717) is 0 Å². The zero-order chi connectivity index (χ0) is 9.68. The van der Waals surface area contributed by atoms with Gasteiger partial charge in [-0.1, -0.05) is 40.2 Å². The Morgan fingerprint density at radius 2 is 2.23 bits per heavy atom. The minimum Gasteiger partial charge on any atom is -0.179 e. The molecule has 0 amide bonds. The number of benzene rings is 1. The third kappa shape index (κ3) is 3.57. The van der Waals surface area contributed by atoms with Gasteiger partial charge in [-0.15, -0.1) is 0 Å². The molecule has 0 saturated heterocycles. The first-order chi connectivity index (χ1) is 6.24. The topological polar surface area (TPSA) is 0 Å². The van der Waals surface area contributed by atoms with Crippen molar-refractivity contribution in [3.63, 3.8) is 0 Å². The fourth-order valence-electron chi connectivity index (χ4n) is 1.01. The first-order valence-electron chi connectivity index (χ1n) is 4.27. The number of allylic oxidation sites excluding steroid dienone is 1. The lowest BCUT2D eigenvalue weighted by Crippen LogP contribution is -1.77. The minimum atomic E-state index is 0.906. The van der Waals surface area contributed by atoms with E-state index in [1.54, 1.807) is 0 Å². The SMILES string of the molecule is Cc1ccc(C=CCCS)cc1Br. The van der Waals surface area contributed by atoms with Crippen LogP contribution in [0, 0.1) is 6.92 Å². The zero-order valence-corrected chi connectivity index (χ0v) is 10.1. The predicted molar refractivity (Wildman–Crippen MR) is 66.4 cm³/mol. The molecule has 13 heavy (non-hydrogen) atoms. The average molecular weight is 257 g/mol. The summed E-state index contributed by atoms with van der Waals surface area (Å²) in [5.74, 6) is 0.906. The van der Waals surface area contributed by atoms with Crippen LogP contribution in [0.1, 0.15) is 17.5 Å². The van der Waals surface area contributed by atoms with Gasteiger partial charge in [0.1, 0.15) is 0 Å². The van der Waals surface area contributed by atoms with Gasteiger partial charge in [0.25, 0.3) is 0 Å². The Bertz CT molecular complexity index is 305. The molecular weight excluding hydrogens is 244 g/mol. The quantitative estimate of drug-likeness (QED) is 0.774. The highest BCUT2D eigenvalue weighted by atomic mass is 79.9. The van der Waals surface area contributed by atoms with Gasteiger partial charge >= 0.3 is 0 Å². The molecule has 0 radical (unpaired) electrons. The van der Waals surface area contributed by atoms with Gasteiger partial charge in [0.05, 0.1) is 0 Å². The number of halogens is 1. The molecule has 0 heterocycles. The maximum absolute atomic E-state index is 4.14. The highest BCUT2D eigenvalue weighted by Gasteiger charge is 1.93. The molecule has 1 rings (SSSR count). The van der Waals surface area contributed by atoms with Crippen molar-refractivity contribution in [2.75, 3.05) is 5.75 Å². The van der Waals surface area contributed by atoms with Crippen LogP contribution in [0.4, 0.5) is 0 Å².